The van der Waals surface area contributed by atoms with Crippen LogP contribution in [0.5, 0.6) is 17.2 Å². The third-order valence-corrected chi connectivity index (χ3v) is 5.65. The molecule has 34 heavy (non-hydrogen) atoms. The van der Waals surface area contributed by atoms with Gasteiger partial charge in [-0.1, -0.05) is 51.8 Å². The van der Waals surface area contributed by atoms with Crippen molar-refractivity contribution in [1.29, 1.82) is 5.26 Å². The fourth-order valence-electron chi connectivity index (χ4n) is 3.04. The molecule has 3 aromatic carbocycles. The predicted molar refractivity (Wildman–Crippen MR) is 135 cm³/mol. The molecule has 174 valence electrons. The van der Waals surface area contributed by atoms with Crippen molar-refractivity contribution in [2.75, 3.05) is 14.2 Å². The number of amides is 1. The Labute approximate surface area is 211 Å². The molecule has 3 aromatic rings. The first kappa shape index (κ1) is 25.2. The number of carbonyl (C=O) groups is 1. The number of nitrogens with one attached hydrogen (secondary N) is 1. The van der Waals surface area contributed by atoms with Crippen molar-refractivity contribution in [2.45, 2.75) is 13.2 Å². The lowest BCUT2D eigenvalue weighted by molar-refractivity contribution is -0.117. The van der Waals surface area contributed by atoms with Gasteiger partial charge < -0.3 is 19.5 Å². The first-order chi connectivity index (χ1) is 16.4. The van der Waals surface area contributed by atoms with Gasteiger partial charge in [-0.15, -0.1) is 0 Å². The van der Waals surface area contributed by atoms with E-state index in [4.69, 9.17) is 25.8 Å². The number of nitriles is 1. The van der Waals surface area contributed by atoms with E-state index in [9.17, 15) is 10.1 Å². The topological polar surface area (TPSA) is 80.6 Å². The van der Waals surface area contributed by atoms with Gasteiger partial charge in [-0.3, -0.25) is 4.79 Å². The van der Waals surface area contributed by atoms with Crippen LogP contribution in [0.3, 0.4) is 0 Å². The van der Waals surface area contributed by atoms with Crippen molar-refractivity contribution < 1.29 is 19.0 Å². The zero-order valence-electron chi connectivity index (χ0n) is 18.6. The second-order valence-corrected chi connectivity index (χ2v) is 8.47. The van der Waals surface area contributed by atoms with Crippen LogP contribution in [-0.2, 0) is 17.9 Å². The Bertz CT molecular complexity index is 1220. The summed E-state index contributed by atoms with van der Waals surface area (Å²) < 4.78 is 17.4. The van der Waals surface area contributed by atoms with Gasteiger partial charge in [-0.05, 0) is 59.2 Å². The molecule has 3 rings (SSSR count). The fraction of sp³-hybridized carbons (Fsp3) is 0.154. The van der Waals surface area contributed by atoms with Crippen LogP contribution >= 0.6 is 27.5 Å². The average Bonchev–Trinajstić information content (AvgIpc) is 2.86. The lowest BCUT2D eigenvalue weighted by Gasteiger charge is -2.14. The summed E-state index contributed by atoms with van der Waals surface area (Å²) in [5, 5.41) is 12.6. The van der Waals surface area contributed by atoms with Gasteiger partial charge in [-0.25, -0.2) is 0 Å². The van der Waals surface area contributed by atoms with E-state index in [1.165, 1.54) is 13.2 Å². The van der Waals surface area contributed by atoms with Crippen LogP contribution < -0.4 is 19.5 Å². The summed E-state index contributed by atoms with van der Waals surface area (Å²) in [6, 6.07) is 20.2. The Hall–Kier alpha value is -3.47. The van der Waals surface area contributed by atoms with Crippen molar-refractivity contribution in [3.05, 3.63) is 92.4 Å². The summed E-state index contributed by atoms with van der Waals surface area (Å²) in [6.45, 7) is 0.574. The van der Waals surface area contributed by atoms with E-state index in [1.54, 1.807) is 31.4 Å². The Kier molecular flexibility index (Phi) is 8.97. The molecule has 0 heterocycles. The van der Waals surface area contributed by atoms with E-state index in [-0.39, 0.29) is 12.1 Å². The fourth-order valence-corrected chi connectivity index (χ4v) is 3.57. The maximum Gasteiger partial charge on any atom is 0.262 e. The number of halogens is 2. The highest BCUT2D eigenvalue weighted by Gasteiger charge is 2.14. The van der Waals surface area contributed by atoms with E-state index in [2.05, 4.69) is 21.2 Å². The van der Waals surface area contributed by atoms with Crippen LogP contribution in [0.1, 0.15) is 16.7 Å². The third-order valence-electron chi connectivity index (χ3n) is 4.84. The number of hydrogen-bond acceptors (Lipinski definition) is 5. The number of hydrogen-bond donors (Lipinski definition) is 1. The van der Waals surface area contributed by atoms with Crippen LogP contribution in [0.2, 0.25) is 5.02 Å². The average molecular weight is 542 g/mol. The standard InChI is InChI=1S/C26H22BrClN2O4/c1-32-22-9-5-17(6-10-22)15-30-26(31)20(14-29)11-19-12-23(28)25(24(13-19)33-2)34-16-18-3-7-21(27)8-4-18/h3-13H,15-16H2,1-2H3,(H,30,31)/b20-11-. The molecule has 0 bridgehead atoms. The number of nitrogens with zero attached hydrogens (tertiary/aromatic N) is 1. The molecule has 8 heteroatoms. The zero-order chi connectivity index (χ0) is 24.5. The van der Waals surface area contributed by atoms with Crippen LogP contribution in [0.15, 0.2) is 70.7 Å². The molecular weight excluding hydrogens is 520 g/mol. The van der Waals surface area contributed by atoms with Gasteiger partial charge in [0.15, 0.2) is 11.5 Å². The first-order valence-corrected chi connectivity index (χ1v) is 11.4. The molecule has 0 aliphatic carbocycles. The molecule has 0 atom stereocenters. The van der Waals surface area contributed by atoms with E-state index in [0.29, 0.717) is 28.7 Å². The minimum absolute atomic E-state index is 0.0600. The van der Waals surface area contributed by atoms with Gasteiger partial charge in [0.25, 0.3) is 5.91 Å². The molecule has 1 amide bonds. The van der Waals surface area contributed by atoms with Gasteiger partial charge in [0.2, 0.25) is 0 Å². The van der Waals surface area contributed by atoms with E-state index >= 15 is 0 Å². The van der Waals surface area contributed by atoms with Gasteiger partial charge >= 0.3 is 0 Å². The maximum absolute atomic E-state index is 12.5. The van der Waals surface area contributed by atoms with Crippen LogP contribution in [-0.4, -0.2) is 20.1 Å². The molecule has 0 fully saturated rings. The number of rotatable bonds is 9. The molecule has 0 saturated carbocycles. The minimum atomic E-state index is -0.496. The van der Waals surface area contributed by atoms with Crippen LogP contribution in [0.25, 0.3) is 6.08 Å². The quantitative estimate of drug-likeness (QED) is 0.269. The predicted octanol–water partition coefficient (Wildman–Crippen LogP) is 5.92. The Morgan fingerprint density at radius 3 is 2.35 bits per heavy atom. The summed E-state index contributed by atoms with van der Waals surface area (Å²) in [7, 11) is 3.08. The van der Waals surface area contributed by atoms with Crippen molar-refractivity contribution in [3.8, 4) is 23.3 Å². The number of carbonyl (C=O) groups excluding carboxylic acids is 1. The molecule has 0 spiro atoms. The van der Waals surface area contributed by atoms with Crippen molar-refractivity contribution in [3.63, 3.8) is 0 Å². The Balaban J connectivity index is 1.72. The molecule has 0 radical (unpaired) electrons. The maximum atomic E-state index is 12.5. The highest BCUT2D eigenvalue weighted by atomic mass is 79.9. The van der Waals surface area contributed by atoms with Crippen molar-refractivity contribution >= 4 is 39.5 Å². The smallest absolute Gasteiger partial charge is 0.262 e. The second-order valence-electron chi connectivity index (χ2n) is 7.15. The number of ether oxygens (including phenoxy) is 3. The number of methoxy groups -OCH3 is 2. The molecular formula is C26H22BrClN2O4. The largest absolute Gasteiger partial charge is 0.497 e. The Morgan fingerprint density at radius 2 is 1.74 bits per heavy atom. The third kappa shape index (κ3) is 6.77. The molecule has 0 aromatic heterocycles. The summed E-state index contributed by atoms with van der Waals surface area (Å²) in [6.07, 6.45) is 1.45. The molecule has 1 N–H and O–H groups in total. The van der Waals surface area contributed by atoms with E-state index in [1.807, 2.05) is 42.5 Å². The Morgan fingerprint density at radius 1 is 1.06 bits per heavy atom. The highest BCUT2D eigenvalue weighted by molar-refractivity contribution is 9.10. The lowest BCUT2D eigenvalue weighted by atomic mass is 10.1. The van der Waals surface area contributed by atoms with E-state index < -0.39 is 5.91 Å². The normalized spacial score (nSPS) is 10.9. The van der Waals surface area contributed by atoms with Crippen molar-refractivity contribution in [2.24, 2.45) is 0 Å². The summed E-state index contributed by atoms with van der Waals surface area (Å²) in [5.74, 6) is 1.00. The second kappa shape index (κ2) is 12.1. The van der Waals surface area contributed by atoms with Gasteiger partial charge in [0.1, 0.15) is 24.0 Å². The zero-order valence-corrected chi connectivity index (χ0v) is 20.9. The molecule has 0 saturated heterocycles. The highest BCUT2D eigenvalue weighted by Crippen LogP contribution is 2.37. The van der Waals surface area contributed by atoms with Crippen LogP contribution in [0.4, 0.5) is 0 Å². The molecule has 0 unspecified atom stereocenters. The van der Waals surface area contributed by atoms with Crippen LogP contribution in [0, 0.1) is 11.3 Å². The van der Waals surface area contributed by atoms with Crippen molar-refractivity contribution in [1.82, 2.24) is 5.32 Å². The summed E-state index contributed by atoms with van der Waals surface area (Å²) in [4.78, 5) is 12.5. The SMILES string of the molecule is COc1ccc(CNC(=O)/C(C#N)=C\c2cc(Cl)c(OCc3ccc(Br)cc3)c(OC)c2)cc1. The van der Waals surface area contributed by atoms with Gasteiger partial charge in [-0.2, -0.15) is 5.26 Å². The summed E-state index contributed by atoms with van der Waals surface area (Å²) in [5.41, 5.74) is 2.32. The molecule has 6 nitrogen and oxygen atoms in total. The molecule has 0 aliphatic rings. The van der Waals surface area contributed by atoms with Gasteiger partial charge in [0, 0.05) is 11.0 Å². The first-order valence-electron chi connectivity index (χ1n) is 10.2. The monoisotopic (exact) mass is 540 g/mol. The minimum Gasteiger partial charge on any atom is -0.497 e. The lowest BCUT2D eigenvalue weighted by Crippen LogP contribution is -2.23. The molecule has 0 aliphatic heterocycles. The van der Waals surface area contributed by atoms with Gasteiger partial charge in [0.05, 0.1) is 19.2 Å². The number of benzene rings is 3. The van der Waals surface area contributed by atoms with E-state index in [0.717, 1.165) is 21.3 Å². The summed E-state index contributed by atoms with van der Waals surface area (Å²) >= 11 is 9.84.